The number of aromatic nitrogens is 2. The van der Waals surface area contributed by atoms with Gasteiger partial charge < -0.3 is 5.73 Å². The Bertz CT molecular complexity index is 1190. The molecule has 3 N–H and O–H groups in total. The van der Waals surface area contributed by atoms with Crippen molar-refractivity contribution in [2.75, 3.05) is 11.2 Å². The van der Waals surface area contributed by atoms with E-state index in [4.69, 9.17) is 5.73 Å². The minimum atomic E-state index is -0.295. The highest BCUT2D eigenvalue weighted by atomic mass is 19.1. The molecule has 0 atom stereocenters. The van der Waals surface area contributed by atoms with Crippen molar-refractivity contribution in [3.63, 3.8) is 0 Å². The number of nitrogens with zero attached hydrogens (tertiary/aromatic N) is 3. The molecule has 0 aliphatic heterocycles. The van der Waals surface area contributed by atoms with E-state index in [9.17, 15) is 4.39 Å². The summed E-state index contributed by atoms with van der Waals surface area (Å²) in [6.07, 6.45) is 0. The smallest absolute Gasteiger partial charge is 0.244 e. The molecule has 148 valence electrons. The Labute approximate surface area is 174 Å². The van der Waals surface area contributed by atoms with Crippen molar-refractivity contribution >= 4 is 17.3 Å². The van der Waals surface area contributed by atoms with Crippen LogP contribution in [0.4, 0.5) is 16.0 Å². The van der Waals surface area contributed by atoms with E-state index in [1.165, 1.54) is 12.1 Å². The van der Waals surface area contributed by atoms with Gasteiger partial charge in [-0.1, -0.05) is 42.5 Å². The largest absolute Gasteiger partial charge is 0.399 e. The quantitative estimate of drug-likeness (QED) is 0.270. The van der Waals surface area contributed by atoms with Crippen LogP contribution in [0.15, 0.2) is 90.0 Å². The Kier molecular flexibility index (Phi) is 5.48. The van der Waals surface area contributed by atoms with Gasteiger partial charge in [0.05, 0.1) is 17.1 Å². The van der Waals surface area contributed by atoms with Gasteiger partial charge in [-0.2, -0.15) is 5.10 Å². The van der Waals surface area contributed by atoms with Gasteiger partial charge in [0, 0.05) is 16.8 Å². The number of hydrogen-bond acceptors (Lipinski definition) is 5. The van der Waals surface area contributed by atoms with E-state index >= 15 is 0 Å². The molecule has 6 heteroatoms. The molecule has 30 heavy (non-hydrogen) atoms. The molecule has 0 bridgehead atoms. The van der Waals surface area contributed by atoms with Gasteiger partial charge in [-0.25, -0.2) is 19.8 Å². The van der Waals surface area contributed by atoms with Crippen LogP contribution in [0, 0.1) is 5.82 Å². The SMILES string of the molecule is C/C(=N\Nc1nc(-c2ccccc2)cc(-c2ccc(F)cc2)n1)c1cccc(N)c1. The maximum Gasteiger partial charge on any atom is 0.244 e. The van der Waals surface area contributed by atoms with Crippen LogP contribution in [-0.4, -0.2) is 15.7 Å². The lowest BCUT2D eigenvalue weighted by Gasteiger charge is -2.09. The summed E-state index contributed by atoms with van der Waals surface area (Å²) in [5, 5.41) is 4.42. The minimum Gasteiger partial charge on any atom is -0.399 e. The molecule has 4 rings (SSSR count). The van der Waals surface area contributed by atoms with Crippen LogP contribution < -0.4 is 11.2 Å². The van der Waals surface area contributed by atoms with Crippen LogP contribution in [0.3, 0.4) is 0 Å². The molecule has 0 amide bonds. The van der Waals surface area contributed by atoms with Gasteiger partial charge in [-0.3, -0.25) is 0 Å². The van der Waals surface area contributed by atoms with Gasteiger partial charge in [0.1, 0.15) is 5.82 Å². The lowest BCUT2D eigenvalue weighted by Crippen LogP contribution is -2.04. The molecule has 1 heterocycles. The average Bonchev–Trinajstić information content (AvgIpc) is 2.78. The van der Waals surface area contributed by atoms with Crippen LogP contribution in [0.1, 0.15) is 12.5 Å². The van der Waals surface area contributed by atoms with Gasteiger partial charge in [0.15, 0.2) is 0 Å². The first-order valence-electron chi connectivity index (χ1n) is 9.45. The van der Waals surface area contributed by atoms with Crippen molar-refractivity contribution in [3.05, 3.63) is 96.3 Å². The second-order valence-electron chi connectivity index (χ2n) is 6.77. The number of nitrogen functional groups attached to an aromatic ring is 1. The molecule has 0 aliphatic carbocycles. The zero-order valence-corrected chi connectivity index (χ0v) is 16.4. The highest BCUT2D eigenvalue weighted by Crippen LogP contribution is 2.25. The molecule has 0 fully saturated rings. The Hall–Kier alpha value is -4.06. The lowest BCUT2D eigenvalue weighted by molar-refractivity contribution is 0.628. The fraction of sp³-hybridized carbons (Fsp3) is 0.0417. The molecule has 0 radical (unpaired) electrons. The third-order valence-electron chi connectivity index (χ3n) is 4.56. The summed E-state index contributed by atoms with van der Waals surface area (Å²) < 4.78 is 13.4. The third kappa shape index (κ3) is 4.50. The predicted octanol–water partition coefficient (Wildman–Crippen LogP) is 5.37. The summed E-state index contributed by atoms with van der Waals surface area (Å²) in [6, 6.07) is 25.4. The Morgan fingerprint density at radius 1 is 0.833 bits per heavy atom. The van der Waals surface area contributed by atoms with E-state index in [1.807, 2.05) is 67.6 Å². The van der Waals surface area contributed by atoms with E-state index in [2.05, 4.69) is 20.5 Å². The second-order valence-corrected chi connectivity index (χ2v) is 6.77. The Morgan fingerprint density at radius 3 is 2.17 bits per heavy atom. The van der Waals surface area contributed by atoms with Gasteiger partial charge in [0.2, 0.25) is 5.95 Å². The first-order chi connectivity index (χ1) is 14.6. The fourth-order valence-corrected chi connectivity index (χ4v) is 2.98. The highest BCUT2D eigenvalue weighted by molar-refractivity contribution is 5.99. The zero-order chi connectivity index (χ0) is 20.9. The van der Waals surface area contributed by atoms with Crippen molar-refractivity contribution in [2.45, 2.75) is 6.92 Å². The topological polar surface area (TPSA) is 76.2 Å². The molecule has 5 nitrogen and oxygen atoms in total. The first-order valence-corrected chi connectivity index (χ1v) is 9.45. The van der Waals surface area contributed by atoms with E-state index in [0.29, 0.717) is 17.3 Å². The monoisotopic (exact) mass is 397 g/mol. The summed E-state index contributed by atoms with van der Waals surface area (Å²) in [5.41, 5.74) is 14.3. The molecular weight excluding hydrogens is 377 g/mol. The number of nitrogens with one attached hydrogen (secondary N) is 1. The normalized spacial score (nSPS) is 11.3. The van der Waals surface area contributed by atoms with Crippen molar-refractivity contribution in [3.8, 4) is 22.5 Å². The number of rotatable bonds is 5. The molecule has 1 aromatic heterocycles. The predicted molar refractivity (Wildman–Crippen MR) is 120 cm³/mol. The van der Waals surface area contributed by atoms with Crippen LogP contribution >= 0.6 is 0 Å². The van der Waals surface area contributed by atoms with Crippen LogP contribution in [-0.2, 0) is 0 Å². The minimum absolute atomic E-state index is 0.295. The van der Waals surface area contributed by atoms with Gasteiger partial charge in [-0.15, -0.1) is 0 Å². The first kappa shape index (κ1) is 19.3. The molecule has 4 aromatic rings. The molecular formula is C24H20FN5. The van der Waals surface area contributed by atoms with E-state index < -0.39 is 0 Å². The van der Waals surface area contributed by atoms with Crippen molar-refractivity contribution in [1.29, 1.82) is 0 Å². The fourth-order valence-electron chi connectivity index (χ4n) is 2.98. The summed E-state index contributed by atoms with van der Waals surface area (Å²) in [7, 11) is 0. The standard InChI is InChI=1S/C24H20FN5/c1-16(19-8-5-9-21(26)14-19)29-30-24-27-22(17-6-3-2-4-7-17)15-23(28-24)18-10-12-20(25)13-11-18/h2-15H,26H2,1H3,(H,27,28,30)/b29-16+. The number of anilines is 2. The van der Waals surface area contributed by atoms with Gasteiger partial charge >= 0.3 is 0 Å². The Balaban J connectivity index is 1.72. The second kappa shape index (κ2) is 8.53. The summed E-state index contributed by atoms with van der Waals surface area (Å²) in [5.74, 6) is 0.0516. The molecule has 0 saturated carbocycles. The van der Waals surface area contributed by atoms with Crippen molar-refractivity contribution in [2.24, 2.45) is 5.10 Å². The van der Waals surface area contributed by atoms with Crippen LogP contribution in [0.25, 0.3) is 22.5 Å². The molecule has 0 saturated heterocycles. The van der Waals surface area contributed by atoms with E-state index in [1.54, 1.807) is 12.1 Å². The zero-order valence-electron chi connectivity index (χ0n) is 16.4. The molecule has 0 spiro atoms. The lowest BCUT2D eigenvalue weighted by atomic mass is 10.1. The van der Waals surface area contributed by atoms with E-state index in [0.717, 1.165) is 28.1 Å². The maximum absolute atomic E-state index is 13.4. The maximum atomic E-state index is 13.4. The van der Waals surface area contributed by atoms with Crippen LogP contribution in [0.5, 0.6) is 0 Å². The molecule has 3 aromatic carbocycles. The summed E-state index contributed by atoms with van der Waals surface area (Å²) >= 11 is 0. The van der Waals surface area contributed by atoms with E-state index in [-0.39, 0.29) is 5.82 Å². The number of benzene rings is 3. The highest BCUT2D eigenvalue weighted by Gasteiger charge is 2.09. The van der Waals surface area contributed by atoms with Crippen LogP contribution in [0.2, 0.25) is 0 Å². The number of hydrogen-bond donors (Lipinski definition) is 2. The average molecular weight is 397 g/mol. The molecule has 0 aliphatic rings. The van der Waals surface area contributed by atoms with Crippen molar-refractivity contribution < 1.29 is 4.39 Å². The molecule has 0 unspecified atom stereocenters. The number of nitrogens with two attached hydrogens (primary N) is 1. The third-order valence-corrected chi connectivity index (χ3v) is 4.56. The van der Waals surface area contributed by atoms with Gasteiger partial charge in [0.25, 0.3) is 0 Å². The summed E-state index contributed by atoms with van der Waals surface area (Å²) in [4.78, 5) is 9.17. The van der Waals surface area contributed by atoms with Crippen molar-refractivity contribution in [1.82, 2.24) is 9.97 Å². The number of halogens is 1. The Morgan fingerprint density at radius 2 is 1.50 bits per heavy atom. The van der Waals surface area contributed by atoms with Gasteiger partial charge in [-0.05, 0) is 55.0 Å². The summed E-state index contributed by atoms with van der Waals surface area (Å²) in [6.45, 7) is 1.88. The number of hydrazone groups is 1.